The van der Waals surface area contributed by atoms with Gasteiger partial charge in [0.1, 0.15) is 52.7 Å². The van der Waals surface area contributed by atoms with E-state index in [4.69, 9.17) is 11.6 Å². The Morgan fingerprint density at radius 2 is 0.635 bits per heavy atom. The first-order chi connectivity index (χ1) is 29.5. The SMILES string of the molecule is Clc1cccc2c1ccc[n+]2Cc1ccccc1.Fc1c(F)c(F)c([B-](c2c(F)c(F)c(F)c(F)c2F)(c2c(F)c(F)c(F)c(F)c2F)c2c(F)c(F)c(F)c(F)c2F)c(F)c1F. The van der Waals surface area contributed by atoms with E-state index in [1.165, 1.54) is 5.56 Å². The fourth-order valence-electron chi connectivity index (χ4n) is 7.06. The summed E-state index contributed by atoms with van der Waals surface area (Å²) in [6.07, 6.45) is -5.13. The highest BCUT2D eigenvalue weighted by atomic mass is 35.5. The lowest BCUT2D eigenvalue weighted by Gasteiger charge is -2.44. The van der Waals surface area contributed by atoms with Gasteiger partial charge in [-0.25, -0.2) is 87.8 Å². The van der Waals surface area contributed by atoms with Gasteiger partial charge in [-0.2, -0.15) is 4.57 Å². The second-order valence-electron chi connectivity index (χ2n) is 13.1. The third-order valence-electron chi connectivity index (χ3n) is 9.77. The molecule has 0 bridgehead atoms. The van der Waals surface area contributed by atoms with E-state index in [-0.39, 0.29) is 0 Å². The van der Waals surface area contributed by atoms with Gasteiger partial charge >= 0.3 is 0 Å². The summed E-state index contributed by atoms with van der Waals surface area (Å²) in [7, 11) is 0. The quantitative estimate of drug-likeness (QED) is 0.0515. The van der Waals surface area contributed by atoms with Gasteiger partial charge in [0, 0.05) is 17.7 Å². The Balaban J connectivity index is 0.000000302. The Labute approximate surface area is 342 Å². The fourth-order valence-corrected chi connectivity index (χ4v) is 7.29. The van der Waals surface area contributed by atoms with Gasteiger partial charge in [0.2, 0.25) is 5.52 Å². The molecule has 0 spiro atoms. The molecule has 23 heteroatoms. The molecular weight excluding hydrogens is 921 g/mol. The zero-order valence-electron chi connectivity index (χ0n) is 30.0. The summed E-state index contributed by atoms with van der Waals surface area (Å²) in [5.74, 6) is -71.4. The van der Waals surface area contributed by atoms with Gasteiger partial charge in [0.05, 0.1) is 10.4 Å². The van der Waals surface area contributed by atoms with Gasteiger partial charge in [-0.3, -0.25) is 0 Å². The van der Waals surface area contributed by atoms with Crippen LogP contribution in [0.3, 0.4) is 0 Å². The molecule has 0 aliphatic rings. The van der Waals surface area contributed by atoms with Crippen LogP contribution in [0.4, 0.5) is 87.8 Å². The molecule has 0 unspecified atom stereocenters. The van der Waals surface area contributed by atoms with Gasteiger partial charge in [-0.15, -0.1) is 21.9 Å². The molecule has 63 heavy (non-hydrogen) atoms. The van der Waals surface area contributed by atoms with Crippen LogP contribution in [-0.4, -0.2) is 6.15 Å². The van der Waals surface area contributed by atoms with E-state index in [1.54, 1.807) is 0 Å². The van der Waals surface area contributed by atoms with Crippen LogP contribution in [0.1, 0.15) is 5.56 Å². The zero-order chi connectivity index (χ0) is 46.7. The van der Waals surface area contributed by atoms with Crippen molar-refractivity contribution in [2.45, 2.75) is 6.54 Å². The topological polar surface area (TPSA) is 3.88 Å². The molecular formula is C40H13BClF20N. The van der Waals surface area contributed by atoms with Crippen molar-refractivity contribution in [3.63, 3.8) is 0 Å². The third-order valence-corrected chi connectivity index (χ3v) is 10.1. The van der Waals surface area contributed by atoms with Gasteiger partial charge < -0.3 is 0 Å². The number of nitrogens with zero attached hydrogens (tertiary/aromatic N) is 1. The molecule has 0 amide bonds. The largest absolute Gasteiger partial charge is 0.214 e. The minimum absolute atomic E-state index is 0.801. The normalized spacial score (nSPS) is 11.6. The number of hydrogen-bond donors (Lipinski definition) is 0. The molecule has 1 heterocycles. The summed E-state index contributed by atoms with van der Waals surface area (Å²) in [5.41, 5.74) is -11.9. The maximum absolute atomic E-state index is 15.4. The van der Waals surface area contributed by atoms with Crippen LogP contribution < -0.4 is 26.4 Å². The minimum atomic E-state index is -7.22. The van der Waals surface area contributed by atoms with Crippen LogP contribution in [0.2, 0.25) is 5.02 Å². The summed E-state index contributed by atoms with van der Waals surface area (Å²) in [6, 6.07) is 20.5. The number of pyridine rings is 1. The molecule has 0 saturated heterocycles. The summed E-state index contributed by atoms with van der Waals surface area (Å²) >= 11 is 6.22. The maximum Gasteiger partial charge on any atom is 0.214 e. The lowest BCUT2D eigenvalue weighted by atomic mass is 9.12. The van der Waals surface area contributed by atoms with Crippen molar-refractivity contribution in [3.05, 3.63) is 194 Å². The van der Waals surface area contributed by atoms with Crippen molar-refractivity contribution in [1.82, 2.24) is 0 Å². The summed E-state index contributed by atoms with van der Waals surface area (Å²) in [6.45, 7) is 0.860. The number of fused-ring (bicyclic) bond motifs is 1. The lowest BCUT2D eigenvalue weighted by molar-refractivity contribution is -0.662. The van der Waals surface area contributed by atoms with Crippen LogP contribution in [0, 0.1) is 116 Å². The molecule has 0 aliphatic carbocycles. The number of aromatic nitrogens is 1. The van der Waals surface area contributed by atoms with Gasteiger partial charge in [0.25, 0.3) is 0 Å². The Kier molecular flexibility index (Phi) is 12.5. The predicted molar refractivity (Wildman–Crippen MR) is 184 cm³/mol. The average Bonchev–Trinajstić information content (AvgIpc) is 3.27. The smallest absolute Gasteiger partial charge is 0.207 e. The van der Waals surface area contributed by atoms with Crippen molar-refractivity contribution in [2.75, 3.05) is 0 Å². The molecule has 328 valence electrons. The number of hydrogen-bond acceptors (Lipinski definition) is 0. The molecule has 7 aromatic rings. The zero-order valence-corrected chi connectivity index (χ0v) is 30.8. The Morgan fingerprint density at radius 1 is 0.333 bits per heavy atom. The van der Waals surface area contributed by atoms with Crippen molar-refractivity contribution in [1.29, 1.82) is 0 Å². The van der Waals surface area contributed by atoms with Gasteiger partial charge in [-0.1, -0.05) is 48.0 Å². The highest BCUT2D eigenvalue weighted by molar-refractivity contribution is 7.20. The van der Waals surface area contributed by atoms with E-state index >= 15 is 35.1 Å². The first-order valence-corrected chi connectivity index (χ1v) is 17.3. The van der Waals surface area contributed by atoms with Crippen LogP contribution in [0.25, 0.3) is 10.9 Å². The lowest BCUT2D eigenvalue weighted by Crippen LogP contribution is -2.81. The van der Waals surface area contributed by atoms with Crippen LogP contribution in [0.5, 0.6) is 0 Å². The van der Waals surface area contributed by atoms with E-state index in [9.17, 15) is 52.7 Å². The molecule has 0 radical (unpaired) electrons. The fraction of sp³-hybridized carbons (Fsp3) is 0.0250. The second-order valence-corrected chi connectivity index (χ2v) is 13.5. The summed E-state index contributed by atoms with van der Waals surface area (Å²) in [4.78, 5) is 0. The van der Waals surface area contributed by atoms with Crippen molar-refractivity contribution in [3.8, 4) is 0 Å². The minimum Gasteiger partial charge on any atom is -0.207 e. The highest BCUT2D eigenvalue weighted by Gasteiger charge is 2.52. The van der Waals surface area contributed by atoms with Gasteiger partial charge in [0.15, 0.2) is 82.5 Å². The second kappa shape index (κ2) is 17.1. The Morgan fingerprint density at radius 3 is 0.952 bits per heavy atom. The average molecular weight is 934 g/mol. The highest BCUT2D eigenvalue weighted by Crippen LogP contribution is 2.31. The van der Waals surface area contributed by atoms with E-state index in [1.807, 2.05) is 24.3 Å². The Bertz CT molecular complexity index is 2620. The van der Waals surface area contributed by atoms with E-state index in [0.29, 0.717) is 0 Å². The molecule has 1 nitrogen and oxygen atoms in total. The molecule has 7 rings (SSSR count). The molecule has 6 aromatic carbocycles. The number of rotatable bonds is 6. The first-order valence-electron chi connectivity index (χ1n) is 16.9. The Hall–Kier alpha value is -6.32. The van der Waals surface area contributed by atoms with Crippen LogP contribution in [0.15, 0.2) is 66.9 Å². The number of halogens is 21. The van der Waals surface area contributed by atoms with E-state index in [0.717, 1.165) is 22.5 Å². The molecule has 0 aliphatic heterocycles. The van der Waals surface area contributed by atoms with E-state index < -0.39 is 144 Å². The molecule has 0 atom stereocenters. The first kappa shape index (κ1) is 46.2. The van der Waals surface area contributed by atoms with Crippen molar-refractivity contribution >= 4 is 50.5 Å². The third kappa shape index (κ3) is 7.16. The van der Waals surface area contributed by atoms with Crippen LogP contribution >= 0.6 is 11.6 Å². The summed E-state index contributed by atoms with van der Waals surface area (Å²) in [5, 5.41) is 1.90. The molecule has 0 fully saturated rings. The van der Waals surface area contributed by atoms with E-state index in [2.05, 4.69) is 47.2 Å². The monoisotopic (exact) mass is 933 g/mol. The predicted octanol–water partition coefficient (Wildman–Crippen LogP) is 9.67. The van der Waals surface area contributed by atoms with Gasteiger partial charge in [-0.05, 0) is 12.1 Å². The molecule has 0 N–H and O–H groups in total. The molecule has 0 saturated carbocycles. The van der Waals surface area contributed by atoms with Crippen LogP contribution in [-0.2, 0) is 6.54 Å². The number of benzene rings is 6. The summed E-state index contributed by atoms with van der Waals surface area (Å²) < 4.78 is 296. The standard InChI is InChI=1S/C24BF20.C16H13ClN/c26-5-1(6(27)14(35)21(42)13(5)34)25(2-7(28)15(36)22(43)16(37)8(2)29,3-9(30)17(38)23(44)18(39)10(3)31)4-11(32)19(40)24(45)20(41)12(4)33;17-15-9-4-10-16-14(15)8-5-11-18(16)12-13-6-2-1-3-7-13/h;1-11H,12H2/q-1;+1. The maximum atomic E-state index is 15.4. The van der Waals surface area contributed by atoms with Crippen molar-refractivity contribution < 1.29 is 92.4 Å². The van der Waals surface area contributed by atoms with Crippen molar-refractivity contribution in [2.24, 2.45) is 0 Å². The molecule has 1 aromatic heterocycles.